The number of hydrogen-bond donors (Lipinski definition) is 2. The van der Waals surface area contributed by atoms with Crippen LogP contribution in [0.2, 0.25) is 0 Å². The van der Waals surface area contributed by atoms with E-state index in [9.17, 15) is 4.79 Å². The van der Waals surface area contributed by atoms with Gasteiger partial charge in [-0.15, -0.1) is 0 Å². The van der Waals surface area contributed by atoms with E-state index >= 15 is 0 Å². The molecule has 1 aromatic carbocycles. The van der Waals surface area contributed by atoms with E-state index in [0.29, 0.717) is 12.6 Å². The highest BCUT2D eigenvalue weighted by atomic mass is 16.5. The molecule has 1 saturated carbocycles. The number of aromatic nitrogens is 2. The van der Waals surface area contributed by atoms with Crippen LogP contribution in [0, 0.1) is 0 Å². The average Bonchev–Trinajstić information content (AvgIpc) is 3.11. The molecule has 28 heavy (non-hydrogen) atoms. The first-order valence-electron chi connectivity index (χ1n) is 10.5. The van der Waals surface area contributed by atoms with Crippen LogP contribution >= 0.6 is 0 Å². The van der Waals surface area contributed by atoms with Crippen LogP contribution in [0.5, 0.6) is 5.75 Å². The van der Waals surface area contributed by atoms with Crippen molar-refractivity contribution in [1.82, 2.24) is 25.1 Å². The van der Waals surface area contributed by atoms with E-state index in [2.05, 4.69) is 25.1 Å². The summed E-state index contributed by atoms with van der Waals surface area (Å²) in [5, 5.41) is 3.22. The minimum atomic E-state index is 0.187. The van der Waals surface area contributed by atoms with Gasteiger partial charge in [-0.1, -0.05) is 19.3 Å². The summed E-state index contributed by atoms with van der Waals surface area (Å²) >= 11 is 0. The van der Waals surface area contributed by atoms with Crippen molar-refractivity contribution in [3.63, 3.8) is 0 Å². The van der Waals surface area contributed by atoms with Crippen LogP contribution in [-0.2, 0) is 11.3 Å². The first kappa shape index (κ1) is 19.2. The lowest BCUT2D eigenvalue weighted by molar-refractivity contribution is -0.123. The number of nitrogens with one attached hydrogen (secondary N) is 2. The van der Waals surface area contributed by atoms with E-state index in [0.717, 1.165) is 68.2 Å². The third-order valence-electron chi connectivity index (χ3n) is 5.91. The molecule has 4 rings (SSSR count). The number of rotatable bonds is 6. The van der Waals surface area contributed by atoms with Crippen LogP contribution in [-0.4, -0.2) is 71.6 Å². The van der Waals surface area contributed by atoms with Crippen LogP contribution in [0.4, 0.5) is 0 Å². The second-order valence-electron chi connectivity index (χ2n) is 8.02. The highest BCUT2D eigenvalue weighted by Gasteiger charge is 2.22. The van der Waals surface area contributed by atoms with Gasteiger partial charge in [-0.3, -0.25) is 14.6 Å². The molecule has 0 spiro atoms. The maximum atomic E-state index is 12.3. The lowest BCUT2D eigenvalue weighted by atomic mass is 9.95. The Bertz CT molecular complexity index is 791. The molecule has 0 atom stereocenters. The second kappa shape index (κ2) is 8.92. The molecule has 1 saturated heterocycles. The monoisotopic (exact) mass is 385 g/mol. The van der Waals surface area contributed by atoms with Crippen LogP contribution in [0.25, 0.3) is 11.0 Å². The van der Waals surface area contributed by atoms with Gasteiger partial charge in [-0.25, -0.2) is 4.98 Å². The van der Waals surface area contributed by atoms with Gasteiger partial charge in [0.05, 0.1) is 31.2 Å². The number of piperazine rings is 1. The van der Waals surface area contributed by atoms with Gasteiger partial charge in [0, 0.05) is 38.3 Å². The van der Waals surface area contributed by atoms with Crippen LogP contribution in [0.1, 0.15) is 37.9 Å². The number of H-pyrrole nitrogens is 1. The maximum Gasteiger partial charge on any atom is 0.234 e. The molecule has 7 heteroatoms. The molecule has 152 valence electrons. The molecule has 0 radical (unpaired) electrons. The highest BCUT2D eigenvalue weighted by molar-refractivity contribution is 5.78. The lowest BCUT2D eigenvalue weighted by Crippen LogP contribution is -2.50. The van der Waals surface area contributed by atoms with Gasteiger partial charge in [0.25, 0.3) is 0 Å². The molecular weight excluding hydrogens is 354 g/mol. The zero-order chi connectivity index (χ0) is 19.3. The predicted octanol–water partition coefficient (Wildman–Crippen LogP) is 2.14. The zero-order valence-electron chi connectivity index (χ0n) is 16.7. The summed E-state index contributed by atoms with van der Waals surface area (Å²) in [4.78, 5) is 25.0. The topological polar surface area (TPSA) is 73.5 Å². The number of fused-ring (bicyclic) bond motifs is 1. The molecule has 2 fully saturated rings. The van der Waals surface area contributed by atoms with Crippen molar-refractivity contribution in [3.05, 3.63) is 24.0 Å². The summed E-state index contributed by atoms with van der Waals surface area (Å²) in [6.07, 6.45) is 6.09. The Hall–Kier alpha value is -2.12. The molecule has 7 nitrogen and oxygen atoms in total. The molecule has 1 aliphatic carbocycles. The number of carbonyl (C=O) groups is 1. The summed E-state index contributed by atoms with van der Waals surface area (Å²) in [5.41, 5.74) is 1.97. The minimum Gasteiger partial charge on any atom is -0.497 e. The maximum absolute atomic E-state index is 12.3. The van der Waals surface area contributed by atoms with Crippen molar-refractivity contribution < 1.29 is 9.53 Å². The fourth-order valence-corrected chi connectivity index (χ4v) is 4.28. The number of benzene rings is 1. The van der Waals surface area contributed by atoms with Gasteiger partial charge in [-0.2, -0.15) is 0 Å². The zero-order valence-corrected chi connectivity index (χ0v) is 16.7. The van der Waals surface area contributed by atoms with Crippen LogP contribution in [0.3, 0.4) is 0 Å². The molecule has 2 N–H and O–H groups in total. The van der Waals surface area contributed by atoms with Gasteiger partial charge in [0.2, 0.25) is 5.91 Å². The van der Waals surface area contributed by atoms with E-state index in [1.807, 2.05) is 18.2 Å². The Morgan fingerprint density at radius 3 is 2.68 bits per heavy atom. The third-order valence-corrected chi connectivity index (χ3v) is 5.91. The summed E-state index contributed by atoms with van der Waals surface area (Å²) in [6.45, 7) is 5.08. The SMILES string of the molecule is COc1ccc2nc(CN3CCN(CC(=O)NC4CCCCC4)CC3)[nH]c2c1. The summed E-state index contributed by atoms with van der Waals surface area (Å²) < 4.78 is 5.28. The van der Waals surface area contributed by atoms with Crippen molar-refractivity contribution >= 4 is 16.9 Å². The van der Waals surface area contributed by atoms with E-state index in [1.54, 1.807) is 7.11 Å². The number of aromatic amines is 1. The Kier molecular flexibility index (Phi) is 6.12. The van der Waals surface area contributed by atoms with Crippen molar-refractivity contribution in [2.75, 3.05) is 39.8 Å². The Labute approximate surface area is 166 Å². The van der Waals surface area contributed by atoms with Crippen LogP contribution in [0.15, 0.2) is 18.2 Å². The lowest BCUT2D eigenvalue weighted by Gasteiger charge is -2.34. The quantitative estimate of drug-likeness (QED) is 0.797. The normalized spacial score (nSPS) is 19.8. The summed E-state index contributed by atoms with van der Waals surface area (Å²) in [5.74, 6) is 2.00. The van der Waals surface area contributed by atoms with Gasteiger partial charge in [0.15, 0.2) is 0 Å². The molecule has 2 aromatic rings. The molecule has 0 unspecified atom stereocenters. The molecule has 1 amide bonds. The van der Waals surface area contributed by atoms with E-state index in [4.69, 9.17) is 4.74 Å². The highest BCUT2D eigenvalue weighted by Crippen LogP contribution is 2.20. The Balaban J connectivity index is 1.23. The van der Waals surface area contributed by atoms with E-state index in [-0.39, 0.29) is 5.91 Å². The second-order valence-corrected chi connectivity index (χ2v) is 8.02. The van der Waals surface area contributed by atoms with Gasteiger partial charge < -0.3 is 15.0 Å². The van der Waals surface area contributed by atoms with Crippen molar-refractivity contribution in [3.8, 4) is 5.75 Å². The van der Waals surface area contributed by atoms with Crippen molar-refractivity contribution in [1.29, 1.82) is 0 Å². The summed E-state index contributed by atoms with van der Waals surface area (Å²) in [6, 6.07) is 6.30. The molecule has 0 bridgehead atoms. The van der Waals surface area contributed by atoms with Gasteiger partial charge in [0.1, 0.15) is 11.6 Å². The van der Waals surface area contributed by atoms with Gasteiger partial charge in [-0.05, 0) is 25.0 Å². The van der Waals surface area contributed by atoms with Crippen molar-refractivity contribution in [2.24, 2.45) is 0 Å². The first-order chi connectivity index (χ1) is 13.7. The van der Waals surface area contributed by atoms with E-state index in [1.165, 1.54) is 19.3 Å². The standard InChI is InChI=1S/C21H31N5O2/c1-28-17-7-8-18-19(13-17)24-20(23-18)14-25-9-11-26(12-10-25)15-21(27)22-16-5-3-2-4-6-16/h7-8,13,16H,2-6,9-12,14-15H2,1H3,(H,22,27)(H,23,24). The number of methoxy groups -OCH3 is 1. The Morgan fingerprint density at radius 2 is 1.93 bits per heavy atom. The van der Waals surface area contributed by atoms with Gasteiger partial charge >= 0.3 is 0 Å². The Morgan fingerprint density at radius 1 is 1.18 bits per heavy atom. The largest absolute Gasteiger partial charge is 0.497 e. The fraction of sp³-hybridized carbons (Fsp3) is 0.619. The molecule has 1 aliphatic heterocycles. The molecule has 2 heterocycles. The minimum absolute atomic E-state index is 0.187. The molecule has 2 aliphatic rings. The smallest absolute Gasteiger partial charge is 0.234 e. The number of nitrogens with zero attached hydrogens (tertiary/aromatic N) is 3. The number of hydrogen-bond acceptors (Lipinski definition) is 5. The van der Waals surface area contributed by atoms with Crippen molar-refractivity contribution in [2.45, 2.75) is 44.7 Å². The van der Waals surface area contributed by atoms with Crippen LogP contribution < -0.4 is 10.1 Å². The predicted molar refractivity (Wildman–Crippen MR) is 109 cm³/mol. The molecule has 1 aromatic heterocycles. The van der Waals surface area contributed by atoms with E-state index < -0.39 is 0 Å². The molecular formula is C21H31N5O2. The number of ether oxygens (including phenoxy) is 1. The third kappa shape index (κ3) is 4.83. The first-order valence-corrected chi connectivity index (χ1v) is 10.5. The summed E-state index contributed by atoms with van der Waals surface area (Å²) in [7, 11) is 1.67. The number of amides is 1. The number of carbonyl (C=O) groups excluding carboxylic acids is 1. The number of imidazole rings is 1. The average molecular weight is 386 g/mol. The fourth-order valence-electron chi connectivity index (χ4n) is 4.28.